The molecule has 102 valence electrons. The van der Waals surface area contributed by atoms with Crippen LogP contribution in [0, 0.1) is 6.92 Å². The molecule has 0 amide bonds. The average Bonchev–Trinajstić information content (AvgIpc) is 2.26. The molecule has 0 N–H and O–H groups in total. The van der Waals surface area contributed by atoms with Gasteiger partial charge in [-0.05, 0) is 19.8 Å². The van der Waals surface area contributed by atoms with Crippen LogP contribution >= 0.6 is 0 Å². The van der Waals surface area contributed by atoms with Crippen LogP contribution in [0.1, 0.15) is 44.5 Å². The number of hydrogen-bond acceptors (Lipinski definition) is 3. The third-order valence-corrected chi connectivity index (χ3v) is 2.52. The van der Waals surface area contributed by atoms with Crippen molar-refractivity contribution in [2.24, 2.45) is 0 Å². The van der Waals surface area contributed by atoms with Gasteiger partial charge in [-0.2, -0.15) is 18.2 Å². The molecule has 0 fully saturated rings. The summed E-state index contributed by atoms with van der Waals surface area (Å²) in [5.74, 6) is -0.0975. The zero-order chi connectivity index (χ0) is 13.8. The van der Waals surface area contributed by atoms with E-state index in [1.807, 2.05) is 13.8 Å². The highest BCUT2D eigenvalue weighted by Crippen LogP contribution is 2.35. The standard InChI is InChI=1S/C12H17F3N2O/c1-4-6-9(5-2)18-11-10(12(13,14)15)7-16-8(3)17-11/h7,9H,4-6H2,1-3H3. The third kappa shape index (κ3) is 3.85. The van der Waals surface area contributed by atoms with Crippen LogP contribution in [0.4, 0.5) is 13.2 Å². The molecule has 1 rings (SSSR count). The number of nitrogens with zero attached hydrogens (tertiary/aromatic N) is 2. The number of aryl methyl sites for hydroxylation is 1. The molecule has 3 nitrogen and oxygen atoms in total. The molecule has 1 aromatic heterocycles. The van der Waals surface area contributed by atoms with Gasteiger partial charge in [-0.1, -0.05) is 20.3 Å². The van der Waals surface area contributed by atoms with Crippen LogP contribution in [-0.2, 0) is 6.18 Å². The Hall–Kier alpha value is -1.33. The maximum absolute atomic E-state index is 12.8. The van der Waals surface area contributed by atoms with Gasteiger partial charge in [0.05, 0.1) is 0 Å². The Bertz CT molecular complexity index is 393. The zero-order valence-electron chi connectivity index (χ0n) is 10.7. The number of rotatable bonds is 5. The van der Waals surface area contributed by atoms with Gasteiger partial charge in [0.25, 0.3) is 0 Å². The van der Waals surface area contributed by atoms with Crippen LogP contribution < -0.4 is 4.74 Å². The Balaban J connectivity index is 3.02. The van der Waals surface area contributed by atoms with Crippen molar-refractivity contribution >= 4 is 0 Å². The second-order valence-electron chi connectivity index (χ2n) is 4.07. The topological polar surface area (TPSA) is 35.0 Å². The van der Waals surface area contributed by atoms with Gasteiger partial charge >= 0.3 is 6.18 Å². The van der Waals surface area contributed by atoms with Crippen molar-refractivity contribution in [1.82, 2.24) is 9.97 Å². The third-order valence-electron chi connectivity index (χ3n) is 2.52. The average molecular weight is 262 g/mol. The maximum atomic E-state index is 12.8. The summed E-state index contributed by atoms with van der Waals surface area (Å²) in [5, 5.41) is 0. The van der Waals surface area contributed by atoms with E-state index in [1.54, 1.807) is 0 Å². The second-order valence-corrected chi connectivity index (χ2v) is 4.07. The van der Waals surface area contributed by atoms with Gasteiger partial charge in [0, 0.05) is 6.20 Å². The van der Waals surface area contributed by atoms with Gasteiger partial charge in [-0.25, -0.2) is 4.98 Å². The zero-order valence-corrected chi connectivity index (χ0v) is 10.7. The quantitative estimate of drug-likeness (QED) is 0.810. The minimum absolute atomic E-state index is 0.245. The van der Waals surface area contributed by atoms with Crippen molar-refractivity contribution in [3.05, 3.63) is 17.6 Å². The van der Waals surface area contributed by atoms with E-state index in [4.69, 9.17) is 4.74 Å². The number of aromatic nitrogens is 2. The SMILES string of the molecule is CCCC(CC)Oc1nc(C)ncc1C(F)(F)F. The first-order valence-electron chi connectivity index (χ1n) is 5.96. The molecule has 1 atom stereocenters. The van der Waals surface area contributed by atoms with Crippen molar-refractivity contribution in [3.8, 4) is 5.88 Å². The Morgan fingerprint density at radius 3 is 2.50 bits per heavy atom. The molecule has 1 unspecified atom stereocenters. The normalized spacial score (nSPS) is 13.4. The van der Waals surface area contributed by atoms with Crippen molar-refractivity contribution in [2.45, 2.75) is 52.3 Å². The molecule has 18 heavy (non-hydrogen) atoms. The summed E-state index contributed by atoms with van der Waals surface area (Å²) in [6.07, 6.45) is -1.76. The summed E-state index contributed by atoms with van der Waals surface area (Å²) in [6, 6.07) is 0. The first-order chi connectivity index (χ1) is 8.38. The van der Waals surface area contributed by atoms with Gasteiger partial charge < -0.3 is 4.74 Å². The predicted molar refractivity (Wildman–Crippen MR) is 61.4 cm³/mol. The Morgan fingerprint density at radius 2 is 2.00 bits per heavy atom. The molecule has 6 heteroatoms. The second kappa shape index (κ2) is 6.02. The minimum Gasteiger partial charge on any atom is -0.474 e. The molecular weight excluding hydrogens is 245 g/mol. The molecule has 0 aliphatic carbocycles. The number of alkyl halides is 3. The summed E-state index contributed by atoms with van der Waals surface area (Å²) < 4.78 is 43.7. The van der Waals surface area contributed by atoms with Crippen LogP contribution in [0.25, 0.3) is 0 Å². The molecule has 0 saturated heterocycles. The number of ether oxygens (including phenoxy) is 1. The molecule has 0 aliphatic heterocycles. The smallest absolute Gasteiger partial charge is 0.423 e. The molecular formula is C12H17F3N2O. The lowest BCUT2D eigenvalue weighted by Crippen LogP contribution is -2.19. The molecule has 0 aliphatic rings. The lowest BCUT2D eigenvalue weighted by molar-refractivity contribution is -0.140. The van der Waals surface area contributed by atoms with Crippen LogP contribution in [0.2, 0.25) is 0 Å². The minimum atomic E-state index is -4.49. The van der Waals surface area contributed by atoms with E-state index in [1.165, 1.54) is 6.92 Å². The van der Waals surface area contributed by atoms with E-state index >= 15 is 0 Å². The highest BCUT2D eigenvalue weighted by molar-refractivity contribution is 5.26. The van der Waals surface area contributed by atoms with Crippen molar-refractivity contribution in [2.75, 3.05) is 0 Å². The molecule has 0 saturated carbocycles. The van der Waals surface area contributed by atoms with Gasteiger partial charge in [-0.3, -0.25) is 0 Å². The Labute approximate surface area is 104 Å². The predicted octanol–water partition coefficient (Wildman–Crippen LogP) is 3.76. The summed E-state index contributed by atoms with van der Waals surface area (Å²) in [5.41, 5.74) is -0.914. The first kappa shape index (κ1) is 14.7. The highest BCUT2D eigenvalue weighted by Gasteiger charge is 2.36. The van der Waals surface area contributed by atoms with Crippen molar-refractivity contribution in [3.63, 3.8) is 0 Å². The lowest BCUT2D eigenvalue weighted by atomic mass is 10.1. The Kier molecular flexibility index (Phi) is 4.93. The van der Waals surface area contributed by atoms with Crippen LogP contribution in [0.3, 0.4) is 0 Å². The molecule has 0 bridgehead atoms. The van der Waals surface area contributed by atoms with E-state index in [0.717, 1.165) is 12.6 Å². The van der Waals surface area contributed by atoms with Gasteiger partial charge in [-0.15, -0.1) is 0 Å². The van der Waals surface area contributed by atoms with Gasteiger partial charge in [0.2, 0.25) is 5.88 Å². The van der Waals surface area contributed by atoms with E-state index in [2.05, 4.69) is 9.97 Å². The van der Waals surface area contributed by atoms with Gasteiger partial charge in [0.1, 0.15) is 17.5 Å². The number of hydrogen-bond donors (Lipinski definition) is 0. The van der Waals surface area contributed by atoms with Gasteiger partial charge in [0.15, 0.2) is 0 Å². The van der Waals surface area contributed by atoms with Crippen LogP contribution in [-0.4, -0.2) is 16.1 Å². The molecule has 0 radical (unpaired) electrons. The largest absolute Gasteiger partial charge is 0.474 e. The fourth-order valence-electron chi connectivity index (χ4n) is 1.56. The summed E-state index contributed by atoms with van der Waals surface area (Å²) in [4.78, 5) is 7.33. The first-order valence-corrected chi connectivity index (χ1v) is 5.96. The highest BCUT2D eigenvalue weighted by atomic mass is 19.4. The summed E-state index contributed by atoms with van der Waals surface area (Å²) in [6.45, 7) is 5.37. The molecule has 1 aromatic rings. The number of halogens is 3. The summed E-state index contributed by atoms with van der Waals surface area (Å²) >= 11 is 0. The van der Waals surface area contributed by atoms with E-state index in [9.17, 15) is 13.2 Å². The van der Waals surface area contributed by atoms with E-state index < -0.39 is 11.7 Å². The fourth-order valence-corrected chi connectivity index (χ4v) is 1.56. The summed E-state index contributed by atoms with van der Waals surface area (Å²) in [7, 11) is 0. The van der Waals surface area contributed by atoms with E-state index in [0.29, 0.717) is 12.8 Å². The van der Waals surface area contributed by atoms with Crippen LogP contribution in [0.5, 0.6) is 5.88 Å². The van der Waals surface area contributed by atoms with Crippen LogP contribution in [0.15, 0.2) is 6.20 Å². The van der Waals surface area contributed by atoms with Crippen molar-refractivity contribution < 1.29 is 17.9 Å². The lowest BCUT2D eigenvalue weighted by Gasteiger charge is -2.19. The Morgan fingerprint density at radius 1 is 1.33 bits per heavy atom. The fraction of sp³-hybridized carbons (Fsp3) is 0.667. The molecule has 1 heterocycles. The van der Waals surface area contributed by atoms with Crippen molar-refractivity contribution in [1.29, 1.82) is 0 Å². The maximum Gasteiger partial charge on any atom is 0.423 e. The monoisotopic (exact) mass is 262 g/mol. The molecule has 0 aromatic carbocycles. The van der Waals surface area contributed by atoms with E-state index in [-0.39, 0.29) is 17.8 Å². The molecule has 0 spiro atoms.